The summed E-state index contributed by atoms with van der Waals surface area (Å²) in [5, 5.41) is 8.98. The molecule has 2 aromatic carbocycles. The fourth-order valence-corrected chi connectivity index (χ4v) is 4.09. The molecule has 0 bridgehead atoms. The molecule has 0 saturated heterocycles. The lowest BCUT2D eigenvalue weighted by atomic mass is 9.89. The summed E-state index contributed by atoms with van der Waals surface area (Å²) in [6, 6.07) is 12.2. The largest absolute Gasteiger partial charge is 0.346 e. The van der Waals surface area contributed by atoms with Crippen molar-refractivity contribution in [3.63, 3.8) is 0 Å². The highest BCUT2D eigenvalue weighted by Gasteiger charge is 2.18. The summed E-state index contributed by atoms with van der Waals surface area (Å²) in [5.74, 6) is -0.410. The second-order valence-electron chi connectivity index (χ2n) is 8.38. The molecule has 0 radical (unpaired) electrons. The quantitative estimate of drug-likeness (QED) is 0.650. The predicted molar refractivity (Wildman–Crippen MR) is 122 cm³/mol. The van der Waals surface area contributed by atoms with Crippen LogP contribution in [0, 0.1) is 13.8 Å². The van der Waals surface area contributed by atoms with Crippen LogP contribution in [0.4, 0.5) is 5.69 Å². The molecular weight excluding hydrogens is 374 g/mol. The highest BCUT2D eigenvalue weighted by Crippen LogP contribution is 2.25. The summed E-state index contributed by atoms with van der Waals surface area (Å²) >= 11 is 0. The highest BCUT2D eigenvalue weighted by molar-refractivity contribution is 5.96. The van der Waals surface area contributed by atoms with Gasteiger partial charge in [0.25, 0.3) is 0 Å². The molecule has 0 heterocycles. The Morgan fingerprint density at radius 2 is 1.63 bits per heavy atom. The second kappa shape index (κ2) is 9.90. The smallest absolute Gasteiger partial charge is 0.243 e. The number of aryl methyl sites for hydroxylation is 4. The number of fused-ring (bicyclic) bond motifs is 1. The van der Waals surface area contributed by atoms with Crippen molar-refractivity contribution in [2.75, 3.05) is 11.9 Å². The van der Waals surface area contributed by atoms with E-state index in [1.807, 2.05) is 39.0 Å². The predicted octanol–water partition coefficient (Wildman–Crippen LogP) is 3.98. The number of para-hydroxylation sites is 1. The maximum absolute atomic E-state index is 12.5. The summed E-state index contributed by atoms with van der Waals surface area (Å²) in [4.78, 5) is 24.8. The Bertz CT molecular complexity index is 902. The van der Waals surface area contributed by atoms with Crippen molar-refractivity contribution >= 4 is 17.5 Å². The number of nitrogens with one attached hydrogen (secondary N) is 3. The normalized spacial score (nSPS) is 15.1. The van der Waals surface area contributed by atoms with Crippen molar-refractivity contribution in [1.82, 2.24) is 10.6 Å². The number of amides is 2. The molecule has 0 saturated carbocycles. The SMILES string of the molecule is Cc1cccc(C)c1NC(=O)CNC(=O)C(C)NC(C)c1ccc2c(c1)CCCC2. The molecule has 2 aromatic rings. The van der Waals surface area contributed by atoms with Crippen LogP contribution in [-0.4, -0.2) is 24.4 Å². The number of rotatable bonds is 7. The van der Waals surface area contributed by atoms with Gasteiger partial charge in [-0.05, 0) is 81.2 Å². The van der Waals surface area contributed by atoms with Gasteiger partial charge in [0.1, 0.15) is 0 Å². The van der Waals surface area contributed by atoms with Gasteiger partial charge in [0, 0.05) is 11.7 Å². The zero-order valence-corrected chi connectivity index (χ0v) is 18.5. The topological polar surface area (TPSA) is 70.2 Å². The third-order valence-corrected chi connectivity index (χ3v) is 5.93. The van der Waals surface area contributed by atoms with Crippen molar-refractivity contribution in [3.05, 3.63) is 64.2 Å². The monoisotopic (exact) mass is 407 g/mol. The average Bonchev–Trinajstić information content (AvgIpc) is 2.74. The first-order valence-electron chi connectivity index (χ1n) is 10.9. The van der Waals surface area contributed by atoms with Crippen LogP contribution in [0.2, 0.25) is 0 Å². The molecule has 0 aliphatic heterocycles. The molecule has 1 aliphatic rings. The molecule has 5 heteroatoms. The Morgan fingerprint density at radius 3 is 2.33 bits per heavy atom. The molecule has 0 aromatic heterocycles. The number of benzene rings is 2. The lowest BCUT2D eigenvalue weighted by molar-refractivity contribution is -0.125. The third-order valence-electron chi connectivity index (χ3n) is 5.93. The maximum Gasteiger partial charge on any atom is 0.243 e. The Labute approximate surface area is 179 Å². The Kier molecular flexibility index (Phi) is 7.27. The number of hydrogen-bond donors (Lipinski definition) is 3. The van der Waals surface area contributed by atoms with Crippen molar-refractivity contribution in [2.45, 2.75) is 65.5 Å². The van der Waals surface area contributed by atoms with Gasteiger partial charge in [-0.15, -0.1) is 0 Å². The van der Waals surface area contributed by atoms with Crippen molar-refractivity contribution in [1.29, 1.82) is 0 Å². The molecule has 1 aliphatic carbocycles. The van der Waals surface area contributed by atoms with E-state index < -0.39 is 6.04 Å². The van der Waals surface area contributed by atoms with E-state index in [-0.39, 0.29) is 24.4 Å². The van der Waals surface area contributed by atoms with Gasteiger partial charge in [-0.2, -0.15) is 0 Å². The lowest BCUT2D eigenvalue weighted by Crippen LogP contribution is -2.45. The van der Waals surface area contributed by atoms with Gasteiger partial charge >= 0.3 is 0 Å². The fourth-order valence-electron chi connectivity index (χ4n) is 4.09. The number of carbonyl (C=O) groups is 2. The average molecular weight is 408 g/mol. The van der Waals surface area contributed by atoms with E-state index in [0.717, 1.165) is 23.2 Å². The minimum absolute atomic E-state index is 0.0497. The molecule has 2 amide bonds. The van der Waals surface area contributed by atoms with Crippen LogP contribution < -0.4 is 16.0 Å². The summed E-state index contributed by atoms with van der Waals surface area (Å²) in [5.41, 5.74) is 6.91. The van der Waals surface area contributed by atoms with Crippen LogP contribution >= 0.6 is 0 Å². The van der Waals surface area contributed by atoms with E-state index in [0.29, 0.717) is 0 Å². The zero-order valence-electron chi connectivity index (χ0n) is 18.5. The molecular formula is C25H33N3O2. The van der Waals surface area contributed by atoms with E-state index in [9.17, 15) is 9.59 Å². The summed E-state index contributed by atoms with van der Waals surface area (Å²) in [6.45, 7) is 7.76. The van der Waals surface area contributed by atoms with Gasteiger partial charge in [0.05, 0.1) is 12.6 Å². The molecule has 5 nitrogen and oxygen atoms in total. The molecule has 160 valence electrons. The zero-order chi connectivity index (χ0) is 21.7. The van der Waals surface area contributed by atoms with Crippen LogP contribution in [0.15, 0.2) is 36.4 Å². The first kappa shape index (κ1) is 22.0. The lowest BCUT2D eigenvalue weighted by Gasteiger charge is -2.22. The van der Waals surface area contributed by atoms with Gasteiger partial charge in [0.15, 0.2) is 0 Å². The van der Waals surface area contributed by atoms with Gasteiger partial charge in [-0.1, -0.05) is 36.4 Å². The fraction of sp³-hybridized carbons (Fsp3) is 0.440. The molecule has 0 fully saturated rings. The van der Waals surface area contributed by atoms with Gasteiger partial charge in [0.2, 0.25) is 11.8 Å². The van der Waals surface area contributed by atoms with Gasteiger partial charge in [-0.3, -0.25) is 14.9 Å². The summed E-state index contributed by atoms with van der Waals surface area (Å²) in [6.07, 6.45) is 4.83. The second-order valence-corrected chi connectivity index (χ2v) is 8.38. The third kappa shape index (κ3) is 5.48. The first-order valence-corrected chi connectivity index (χ1v) is 10.9. The molecule has 2 unspecified atom stereocenters. The Morgan fingerprint density at radius 1 is 0.967 bits per heavy atom. The van der Waals surface area contributed by atoms with Crippen LogP contribution in [0.3, 0.4) is 0 Å². The van der Waals surface area contributed by atoms with Crippen molar-refractivity contribution in [2.24, 2.45) is 0 Å². The van der Waals surface area contributed by atoms with E-state index in [1.165, 1.54) is 36.0 Å². The highest BCUT2D eigenvalue weighted by atomic mass is 16.2. The van der Waals surface area contributed by atoms with Crippen molar-refractivity contribution in [3.8, 4) is 0 Å². The molecule has 3 N–H and O–H groups in total. The Hall–Kier alpha value is -2.66. The van der Waals surface area contributed by atoms with Crippen LogP contribution in [0.1, 0.15) is 60.5 Å². The van der Waals surface area contributed by atoms with E-state index in [2.05, 4.69) is 41.1 Å². The van der Waals surface area contributed by atoms with Crippen LogP contribution in [-0.2, 0) is 22.4 Å². The molecule has 30 heavy (non-hydrogen) atoms. The standard InChI is InChI=1S/C25H33N3O2/c1-16-8-7-9-17(2)24(16)28-23(29)15-26-25(30)19(4)27-18(3)21-13-12-20-10-5-6-11-22(20)14-21/h7-9,12-14,18-19,27H,5-6,10-11,15H2,1-4H3,(H,26,30)(H,28,29). The van der Waals surface area contributed by atoms with Gasteiger partial charge in [-0.25, -0.2) is 0 Å². The molecule has 0 spiro atoms. The number of carbonyl (C=O) groups excluding carboxylic acids is 2. The molecule has 2 atom stereocenters. The van der Waals surface area contributed by atoms with Gasteiger partial charge < -0.3 is 10.6 Å². The maximum atomic E-state index is 12.5. The van der Waals surface area contributed by atoms with Crippen LogP contribution in [0.5, 0.6) is 0 Å². The van der Waals surface area contributed by atoms with Crippen molar-refractivity contribution < 1.29 is 9.59 Å². The number of hydrogen-bond acceptors (Lipinski definition) is 3. The summed E-state index contributed by atoms with van der Waals surface area (Å²) in [7, 11) is 0. The molecule has 3 rings (SSSR count). The minimum Gasteiger partial charge on any atom is -0.346 e. The summed E-state index contributed by atoms with van der Waals surface area (Å²) < 4.78 is 0. The Balaban J connectivity index is 1.50. The van der Waals surface area contributed by atoms with E-state index in [1.54, 1.807) is 0 Å². The van der Waals surface area contributed by atoms with E-state index >= 15 is 0 Å². The number of anilines is 1. The first-order chi connectivity index (χ1) is 14.3. The minimum atomic E-state index is -0.399. The van der Waals surface area contributed by atoms with Crippen LogP contribution in [0.25, 0.3) is 0 Å². The van der Waals surface area contributed by atoms with E-state index in [4.69, 9.17) is 0 Å².